The second kappa shape index (κ2) is 9.43. The van der Waals surface area contributed by atoms with E-state index in [9.17, 15) is 13.2 Å². The van der Waals surface area contributed by atoms with Crippen LogP contribution in [-0.2, 0) is 28.3 Å². The minimum absolute atomic E-state index is 0.0796. The van der Waals surface area contributed by atoms with Crippen molar-refractivity contribution in [2.24, 2.45) is 7.05 Å². The Hall–Kier alpha value is -2.69. The number of aromatic nitrogens is 2. The molecule has 1 N–H and O–H groups in total. The zero-order chi connectivity index (χ0) is 22.7. The predicted octanol–water partition coefficient (Wildman–Crippen LogP) is 2.72. The number of ether oxygens (including phenoxy) is 1. The summed E-state index contributed by atoms with van der Waals surface area (Å²) in [5, 5.41) is 3.05. The normalized spacial score (nSPS) is 15.6. The Balaban J connectivity index is 1.54. The summed E-state index contributed by atoms with van der Waals surface area (Å²) in [5.41, 5.74) is 0.793. The van der Waals surface area contributed by atoms with E-state index in [0.717, 1.165) is 29.7 Å². The Morgan fingerprint density at radius 1 is 1.22 bits per heavy atom. The highest BCUT2D eigenvalue weighted by molar-refractivity contribution is 7.91. The van der Waals surface area contributed by atoms with Crippen molar-refractivity contribution in [3.8, 4) is 5.75 Å². The number of carbonyl (C=O) groups excluding carboxylic acids is 1. The first-order valence-electron chi connectivity index (χ1n) is 10.4. The molecule has 8 nitrogen and oxygen atoms in total. The largest absolute Gasteiger partial charge is 0.496 e. The SMILES string of the molecule is COc1ccccc1C(NC(=O)Cc1ccc(S(=O)(=O)N2CCCC2)s1)c1nccn1C. The molecule has 1 fully saturated rings. The molecule has 1 aromatic carbocycles. The summed E-state index contributed by atoms with van der Waals surface area (Å²) in [6.07, 6.45) is 5.35. The van der Waals surface area contributed by atoms with Crippen LogP contribution in [0.4, 0.5) is 0 Å². The minimum Gasteiger partial charge on any atom is -0.496 e. The average molecular weight is 475 g/mol. The number of carbonyl (C=O) groups is 1. The predicted molar refractivity (Wildman–Crippen MR) is 122 cm³/mol. The highest BCUT2D eigenvalue weighted by Crippen LogP contribution is 2.30. The highest BCUT2D eigenvalue weighted by atomic mass is 32.2. The van der Waals surface area contributed by atoms with Crippen molar-refractivity contribution < 1.29 is 17.9 Å². The molecule has 3 heterocycles. The molecular formula is C22H26N4O4S2. The lowest BCUT2D eigenvalue weighted by Gasteiger charge is -2.21. The van der Waals surface area contributed by atoms with Gasteiger partial charge in [-0.05, 0) is 31.0 Å². The van der Waals surface area contributed by atoms with Crippen LogP contribution in [0.2, 0.25) is 0 Å². The van der Waals surface area contributed by atoms with Gasteiger partial charge in [0.1, 0.15) is 21.8 Å². The summed E-state index contributed by atoms with van der Waals surface area (Å²) >= 11 is 1.15. The molecule has 0 saturated carbocycles. The van der Waals surface area contributed by atoms with Crippen LogP contribution in [0.15, 0.2) is 53.0 Å². The van der Waals surface area contributed by atoms with E-state index in [1.807, 2.05) is 42.1 Å². The molecule has 4 rings (SSSR count). The molecular weight excluding hydrogens is 448 g/mol. The number of nitrogens with zero attached hydrogens (tertiary/aromatic N) is 3. The first kappa shape index (κ1) is 22.5. The van der Waals surface area contributed by atoms with Crippen molar-refractivity contribution in [3.63, 3.8) is 0 Å². The molecule has 10 heteroatoms. The summed E-state index contributed by atoms with van der Waals surface area (Å²) in [6, 6.07) is 10.3. The average Bonchev–Trinajstić information content (AvgIpc) is 3.54. The second-order valence-electron chi connectivity index (χ2n) is 7.65. The number of rotatable bonds is 8. The van der Waals surface area contributed by atoms with E-state index in [2.05, 4.69) is 10.3 Å². The van der Waals surface area contributed by atoms with E-state index >= 15 is 0 Å². The second-order valence-corrected chi connectivity index (χ2v) is 11.0. The van der Waals surface area contributed by atoms with Gasteiger partial charge in [-0.1, -0.05) is 18.2 Å². The zero-order valence-electron chi connectivity index (χ0n) is 18.0. The van der Waals surface area contributed by atoms with E-state index < -0.39 is 16.1 Å². The van der Waals surface area contributed by atoms with Crippen LogP contribution in [0.5, 0.6) is 5.75 Å². The fourth-order valence-corrected chi connectivity index (χ4v) is 6.89. The molecule has 1 amide bonds. The van der Waals surface area contributed by atoms with Gasteiger partial charge in [0.15, 0.2) is 0 Å². The van der Waals surface area contributed by atoms with Gasteiger partial charge < -0.3 is 14.6 Å². The maximum Gasteiger partial charge on any atom is 0.252 e. The smallest absolute Gasteiger partial charge is 0.252 e. The van der Waals surface area contributed by atoms with Crippen molar-refractivity contribution in [2.45, 2.75) is 29.5 Å². The third-order valence-corrected chi connectivity index (χ3v) is 8.95. The van der Waals surface area contributed by atoms with Crippen molar-refractivity contribution in [2.75, 3.05) is 20.2 Å². The van der Waals surface area contributed by atoms with Gasteiger partial charge in [0.2, 0.25) is 5.91 Å². The number of hydrogen-bond donors (Lipinski definition) is 1. The van der Waals surface area contributed by atoms with Crippen LogP contribution < -0.4 is 10.1 Å². The number of hydrogen-bond acceptors (Lipinski definition) is 6. The molecule has 32 heavy (non-hydrogen) atoms. The minimum atomic E-state index is -3.48. The van der Waals surface area contributed by atoms with Crippen molar-refractivity contribution in [1.82, 2.24) is 19.2 Å². The molecule has 3 aromatic rings. The Kier molecular flexibility index (Phi) is 6.63. The lowest BCUT2D eigenvalue weighted by Crippen LogP contribution is -2.32. The van der Waals surface area contributed by atoms with Gasteiger partial charge >= 0.3 is 0 Å². The zero-order valence-corrected chi connectivity index (χ0v) is 19.7. The number of amides is 1. The van der Waals surface area contributed by atoms with Crippen LogP contribution in [0.1, 0.15) is 35.1 Å². The van der Waals surface area contributed by atoms with Crippen LogP contribution in [-0.4, -0.2) is 48.4 Å². The molecule has 1 aliphatic heterocycles. The van der Waals surface area contributed by atoms with Crippen molar-refractivity contribution in [3.05, 3.63) is 65.1 Å². The number of methoxy groups -OCH3 is 1. The summed E-state index contributed by atoms with van der Waals surface area (Å²) < 4.78 is 34.7. The Morgan fingerprint density at radius 2 is 1.97 bits per heavy atom. The number of imidazole rings is 1. The van der Waals surface area contributed by atoms with E-state index in [-0.39, 0.29) is 16.5 Å². The van der Waals surface area contributed by atoms with E-state index in [1.165, 1.54) is 4.31 Å². The number of aryl methyl sites for hydroxylation is 1. The quantitative estimate of drug-likeness (QED) is 0.542. The summed E-state index contributed by atoms with van der Waals surface area (Å²) in [6.45, 7) is 1.11. The van der Waals surface area contributed by atoms with Gasteiger partial charge in [-0.2, -0.15) is 4.31 Å². The molecule has 1 atom stereocenters. The lowest BCUT2D eigenvalue weighted by atomic mass is 10.0. The van der Waals surface area contributed by atoms with Gasteiger partial charge in [0.05, 0.1) is 13.5 Å². The maximum atomic E-state index is 13.0. The Bertz CT molecular complexity index is 1200. The van der Waals surface area contributed by atoms with Gasteiger partial charge in [-0.15, -0.1) is 11.3 Å². The lowest BCUT2D eigenvalue weighted by molar-refractivity contribution is -0.120. The van der Waals surface area contributed by atoms with Crippen molar-refractivity contribution >= 4 is 27.3 Å². The van der Waals surface area contributed by atoms with E-state index in [4.69, 9.17) is 4.74 Å². The summed E-state index contributed by atoms with van der Waals surface area (Å²) in [4.78, 5) is 18.1. The molecule has 1 unspecified atom stereocenters. The number of nitrogens with one attached hydrogen (secondary N) is 1. The standard InChI is InChI=1S/C22H26N4O4S2/c1-25-14-11-23-22(25)21(17-7-3-4-8-18(17)30-2)24-19(27)15-16-9-10-20(31-16)32(28,29)26-12-5-6-13-26/h3-4,7-11,14,21H,5-6,12-13,15H2,1-2H3,(H,24,27). The number of para-hydroxylation sites is 1. The summed E-state index contributed by atoms with van der Waals surface area (Å²) in [7, 11) is -0.0253. The molecule has 1 aliphatic rings. The van der Waals surface area contributed by atoms with Gasteiger partial charge in [0, 0.05) is 43.0 Å². The molecule has 1 saturated heterocycles. The van der Waals surface area contributed by atoms with Gasteiger partial charge in [-0.25, -0.2) is 13.4 Å². The van der Waals surface area contributed by atoms with Crippen LogP contribution in [0, 0.1) is 0 Å². The fraction of sp³-hybridized carbons (Fsp3) is 0.364. The first-order chi connectivity index (χ1) is 15.4. The van der Waals surface area contributed by atoms with Crippen LogP contribution >= 0.6 is 11.3 Å². The maximum absolute atomic E-state index is 13.0. The number of benzene rings is 1. The first-order valence-corrected chi connectivity index (χ1v) is 12.6. The van der Waals surface area contributed by atoms with E-state index in [0.29, 0.717) is 29.5 Å². The molecule has 0 radical (unpaired) electrons. The summed E-state index contributed by atoms with van der Waals surface area (Å²) in [5.74, 6) is 1.10. The third-order valence-electron chi connectivity index (χ3n) is 5.50. The molecule has 0 spiro atoms. The van der Waals surface area contributed by atoms with Gasteiger partial charge in [0.25, 0.3) is 10.0 Å². The molecule has 0 bridgehead atoms. The topological polar surface area (TPSA) is 93.5 Å². The molecule has 0 aliphatic carbocycles. The Labute approximate surface area is 191 Å². The monoisotopic (exact) mass is 474 g/mol. The molecule has 2 aromatic heterocycles. The number of sulfonamides is 1. The third kappa shape index (κ3) is 4.57. The van der Waals surface area contributed by atoms with E-state index in [1.54, 1.807) is 25.4 Å². The van der Waals surface area contributed by atoms with Crippen LogP contribution in [0.3, 0.4) is 0 Å². The fourth-order valence-electron chi connectivity index (χ4n) is 3.86. The van der Waals surface area contributed by atoms with Crippen molar-refractivity contribution in [1.29, 1.82) is 0 Å². The van der Waals surface area contributed by atoms with Gasteiger partial charge in [-0.3, -0.25) is 4.79 Å². The highest BCUT2D eigenvalue weighted by Gasteiger charge is 2.29. The molecule has 170 valence electrons. The number of thiophene rings is 1. The van der Waals surface area contributed by atoms with Crippen LogP contribution in [0.25, 0.3) is 0 Å². The Morgan fingerprint density at radius 3 is 2.66 bits per heavy atom.